The third-order valence-corrected chi connectivity index (χ3v) is 5.64. The van der Waals surface area contributed by atoms with E-state index in [0.717, 1.165) is 29.1 Å². The number of nitrogens with one attached hydrogen (secondary N) is 1. The quantitative estimate of drug-likeness (QED) is 0.421. The number of carbonyl (C=O) groups is 1. The van der Waals surface area contributed by atoms with Crippen molar-refractivity contribution in [3.63, 3.8) is 0 Å². The van der Waals surface area contributed by atoms with Crippen LogP contribution >= 0.6 is 23.1 Å². The van der Waals surface area contributed by atoms with E-state index in [-0.39, 0.29) is 11.3 Å². The Kier molecular flexibility index (Phi) is 6.06. The van der Waals surface area contributed by atoms with Crippen LogP contribution in [0.3, 0.4) is 0 Å². The molecule has 3 N–H and O–H groups in total. The molecule has 1 heterocycles. The van der Waals surface area contributed by atoms with Gasteiger partial charge in [-0.3, -0.25) is 14.9 Å². The van der Waals surface area contributed by atoms with Crippen LogP contribution < -0.4 is 15.8 Å². The Bertz CT molecular complexity index is 1010. The summed E-state index contributed by atoms with van der Waals surface area (Å²) in [5.41, 5.74) is 6.10. The average molecular weight is 417 g/mol. The number of nitro groups is 1. The normalized spacial score (nSPS) is 10.5. The summed E-state index contributed by atoms with van der Waals surface area (Å²) in [6.45, 7) is 0.552. The van der Waals surface area contributed by atoms with Crippen LogP contribution in [0.4, 0.5) is 10.8 Å². The molecule has 1 aromatic heterocycles. The summed E-state index contributed by atoms with van der Waals surface area (Å²) in [5.74, 6) is 0.0582. The highest BCUT2D eigenvalue weighted by Gasteiger charge is 2.19. The maximum atomic E-state index is 11.3. The Hall–Kier alpha value is -3.18. The molecule has 3 rings (SSSR count). The molecule has 0 unspecified atom stereocenters. The Labute approximate surface area is 168 Å². The van der Waals surface area contributed by atoms with Crippen molar-refractivity contribution >= 4 is 39.8 Å². The molecule has 0 atom stereocenters. The summed E-state index contributed by atoms with van der Waals surface area (Å²) in [7, 11) is 1.61. The van der Waals surface area contributed by atoms with Crippen molar-refractivity contribution in [3.05, 3.63) is 63.7 Å². The van der Waals surface area contributed by atoms with Crippen LogP contribution in [0.2, 0.25) is 0 Å². The number of rotatable bonds is 8. The molecule has 0 spiro atoms. The Morgan fingerprint density at radius 1 is 1.29 bits per heavy atom. The van der Waals surface area contributed by atoms with Gasteiger partial charge in [-0.15, -0.1) is 10.2 Å². The van der Waals surface area contributed by atoms with Crippen LogP contribution in [0, 0.1) is 10.1 Å². The first-order valence-corrected chi connectivity index (χ1v) is 9.56. The summed E-state index contributed by atoms with van der Waals surface area (Å²) < 4.78 is 5.66. The van der Waals surface area contributed by atoms with Gasteiger partial charge in [-0.25, -0.2) is 0 Å². The number of nitrogens with two attached hydrogens (primary N) is 1. The molecule has 144 valence electrons. The lowest BCUT2D eigenvalue weighted by Crippen LogP contribution is -2.11. The Morgan fingerprint density at radius 3 is 2.68 bits per heavy atom. The zero-order chi connectivity index (χ0) is 20.1. The molecule has 0 saturated heterocycles. The number of methoxy groups -OCH3 is 1. The molecule has 1 amide bonds. The van der Waals surface area contributed by atoms with Gasteiger partial charge in [0, 0.05) is 18.2 Å². The molecule has 0 fully saturated rings. The van der Waals surface area contributed by atoms with Gasteiger partial charge < -0.3 is 15.8 Å². The van der Waals surface area contributed by atoms with E-state index < -0.39 is 10.8 Å². The predicted octanol–water partition coefficient (Wildman–Crippen LogP) is 3.32. The predicted molar refractivity (Wildman–Crippen MR) is 106 cm³/mol. The van der Waals surface area contributed by atoms with Gasteiger partial charge in [0.2, 0.25) is 11.0 Å². The van der Waals surface area contributed by atoms with Crippen LogP contribution in [0.1, 0.15) is 15.9 Å². The molecule has 0 aliphatic rings. The van der Waals surface area contributed by atoms with Gasteiger partial charge in [-0.05, 0) is 41.6 Å². The minimum Gasteiger partial charge on any atom is -0.497 e. The summed E-state index contributed by atoms with van der Waals surface area (Å²) in [4.78, 5) is 22.3. The summed E-state index contributed by atoms with van der Waals surface area (Å²) >= 11 is 2.38. The first-order chi connectivity index (χ1) is 13.5. The largest absolute Gasteiger partial charge is 0.497 e. The summed E-state index contributed by atoms with van der Waals surface area (Å²) in [5, 5.41) is 23.1. The van der Waals surface area contributed by atoms with Crippen LogP contribution in [-0.4, -0.2) is 28.1 Å². The van der Waals surface area contributed by atoms with E-state index in [4.69, 9.17) is 10.5 Å². The lowest BCUT2D eigenvalue weighted by atomic mass is 10.2. The number of primary amides is 1. The van der Waals surface area contributed by atoms with Crippen molar-refractivity contribution in [2.75, 3.05) is 12.4 Å². The molecule has 0 saturated carbocycles. The molecule has 9 nitrogen and oxygen atoms in total. The van der Waals surface area contributed by atoms with E-state index in [1.165, 1.54) is 23.5 Å². The number of hydrogen-bond acceptors (Lipinski definition) is 9. The first kappa shape index (κ1) is 19.6. The number of ether oxygens (including phenoxy) is 1. The molecule has 0 radical (unpaired) electrons. The molecule has 28 heavy (non-hydrogen) atoms. The highest BCUT2D eigenvalue weighted by molar-refractivity contribution is 8.01. The SMILES string of the molecule is COc1ccc(CNc2nnc(Sc3ccc(C(N)=O)cc3[N+](=O)[O-])s2)cc1. The molecular formula is C17H15N5O4S2. The second-order valence-electron chi connectivity index (χ2n) is 5.48. The van der Waals surface area contributed by atoms with E-state index in [2.05, 4.69) is 15.5 Å². The molecular weight excluding hydrogens is 402 g/mol. The molecule has 0 bridgehead atoms. The van der Waals surface area contributed by atoms with Crippen molar-refractivity contribution in [3.8, 4) is 5.75 Å². The van der Waals surface area contributed by atoms with Crippen LogP contribution in [0.5, 0.6) is 5.75 Å². The van der Waals surface area contributed by atoms with Crippen LogP contribution in [0.15, 0.2) is 51.7 Å². The third-order valence-electron chi connectivity index (χ3n) is 3.65. The summed E-state index contributed by atoms with van der Waals surface area (Å²) in [6, 6.07) is 11.7. The topological polar surface area (TPSA) is 133 Å². The number of benzene rings is 2. The zero-order valence-corrected chi connectivity index (χ0v) is 16.3. The number of nitrogens with zero attached hydrogens (tertiary/aromatic N) is 3. The minimum atomic E-state index is -0.722. The van der Waals surface area contributed by atoms with Gasteiger partial charge in [0.15, 0.2) is 4.34 Å². The van der Waals surface area contributed by atoms with Crippen molar-refractivity contribution in [2.24, 2.45) is 5.73 Å². The van der Waals surface area contributed by atoms with Crippen molar-refractivity contribution in [2.45, 2.75) is 15.8 Å². The van der Waals surface area contributed by atoms with Gasteiger partial charge in [0.05, 0.1) is 16.9 Å². The number of anilines is 1. The smallest absolute Gasteiger partial charge is 0.284 e. The fourth-order valence-corrected chi connectivity index (χ4v) is 4.03. The number of amides is 1. The first-order valence-electron chi connectivity index (χ1n) is 7.92. The number of nitro benzene ring substituents is 1. The van der Waals surface area contributed by atoms with Crippen molar-refractivity contribution in [1.29, 1.82) is 0 Å². The minimum absolute atomic E-state index is 0.0789. The highest BCUT2D eigenvalue weighted by atomic mass is 32.2. The zero-order valence-electron chi connectivity index (χ0n) is 14.6. The Balaban J connectivity index is 1.68. The van der Waals surface area contributed by atoms with Gasteiger partial charge >= 0.3 is 0 Å². The number of aromatic nitrogens is 2. The standard InChI is InChI=1S/C17H15N5O4S2/c1-26-12-5-2-10(3-6-12)9-19-16-20-21-17(28-16)27-14-7-4-11(15(18)23)8-13(14)22(24)25/h2-8H,9H2,1H3,(H2,18,23)(H,19,20). The van der Waals surface area contributed by atoms with E-state index in [0.29, 0.717) is 20.9 Å². The maximum Gasteiger partial charge on any atom is 0.284 e. The molecule has 3 aromatic rings. The average Bonchev–Trinajstić information content (AvgIpc) is 3.14. The van der Waals surface area contributed by atoms with Gasteiger partial charge in [0.1, 0.15) is 5.75 Å². The lowest BCUT2D eigenvalue weighted by Gasteiger charge is -2.04. The fourth-order valence-electron chi connectivity index (χ4n) is 2.24. The Morgan fingerprint density at radius 2 is 2.04 bits per heavy atom. The molecule has 0 aliphatic heterocycles. The lowest BCUT2D eigenvalue weighted by molar-refractivity contribution is -0.387. The highest BCUT2D eigenvalue weighted by Crippen LogP contribution is 2.37. The summed E-state index contributed by atoms with van der Waals surface area (Å²) in [6.07, 6.45) is 0. The van der Waals surface area contributed by atoms with Gasteiger partial charge in [-0.1, -0.05) is 23.5 Å². The molecule has 0 aliphatic carbocycles. The van der Waals surface area contributed by atoms with Crippen LogP contribution in [-0.2, 0) is 6.54 Å². The van der Waals surface area contributed by atoms with Gasteiger partial charge in [-0.2, -0.15) is 0 Å². The van der Waals surface area contributed by atoms with Crippen LogP contribution in [0.25, 0.3) is 0 Å². The molecule has 2 aromatic carbocycles. The van der Waals surface area contributed by atoms with E-state index in [1.54, 1.807) is 7.11 Å². The fraction of sp³-hybridized carbons (Fsp3) is 0.118. The number of carbonyl (C=O) groups excluding carboxylic acids is 1. The van der Waals surface area contributed by atoms with Crippen molar-refractivity contribution < 1.29 is 14.5 Å². The van der Waals surface area contributed by atoms with E-state index in [1.807, 2.05) is 24.3 Å². The third kappa shape index (κ3) is 4.75. The second kappa shape index (κ2) is 8.67. The number of hydrogen-bond donors (Lipinski definition) is 2. The van der Waals surface area contributed by atoms with Gasteiger partial charge in [0.25, 0.3) is 5.69 Å². The monoisotopic (exact) mass is 417 g/mol. The van der Waals surface area contributed by atoms with E-state index >= 15 is 0 Å². The second-order valence-corrected chi connectivity index (χ2v) is 7.75. The maximum absolute atomic E-state index is 11.3. The van der Waals surface area contributed by atoms with E-state index in [9.17, 15) is 14.9 Å². The van der Waals surface area contributed by atoms with Crippen molar-refractivity contribution in [1.82, 2.24) is 10.2 Å². The molecule has 11 heteroatoms.